The number of nitrogens with zero attached hydrogens (tertiary/aromatic N) is 5. The summed E-state index contributed by atoms with van der Waals surface area (Å²) < 4.78 is 2.20. The summed E-state index contributed by atoms with van der Waals surface area (Å²) in [4.78, 5) is 19.9. The molecule has 0 amide bonds. The smallest absolute Gasteiger partial charge is 0.238 e. The number of pyridine rings is 1. The zero-order valence-electron chi connectivity index (χ0n) is 26.3. The van der Waals surface area contributed by atoms with Gasteiger partial charge in [0, 0.05) is 33.7 Å². The van der Waals surface area contributed by atoms with Gasteiger partial charge in [0.2, 0.25) is 5.95 Å². The van der Waals surface area contributed by atoms with Gasteiger partial charge in [-0.1, -0.05) is 121 Å². The average Bonchev–Trinajstić information content (AvgIpc) is 3.51. The molecule has 0 fully saturated rings. The van der Waals surface area contributed by atoms with Crippen LogP contribution in [0.5, 0.6) is 0 Å². The van der Waals surface area contributed by atoms with Crippen LogP contribution in [0.1, 0.15) is 0 Å². The molecule has 3 aromatic heterocycles. The fraction of sp³-hybridized carbons (Fsp3) is 0. The number of hydrogen-bond acceptors (Lipinski definition) is 4. The van der Waals surface area contributed by atoms with E-state index in [9.17, 15) is 0 Å². The Labute approximate surface area is 281 Å². The SMILES string of the molecule is c1ccc(-c2nc(-c3ccccc3)nc(-n3c4ccccc4c4cc5c6ccccc6c6cc(-c7ccccn7)ccc6c5cc43)n2)cc1. The van der Waals surface area contributed by atoms with Crippen molar-refractivity contribution < 1.29 is 0 Å². The predicted molar refractivity (Wildman–Crippen MR) is 201 cm³/mol. The lowest BCUT2D eigenvalue weighted by Gasteiger charge is -2.14. The highest BCUT2D eigenvalue weighted by atomic mass is 15.2. The Kier molecular flexibility index (Phi) is 6.11. The summed E-state index contributed by atoms with van der Waals surface area (Å²) in [5.41, 5.74) is 6.03. The number of para-hydroxylation sites is 1. The second-order valence-electron chi connectivity index (χ2n) is 12.3. The van der Waals surface area contributed by atoms with Crippen molar-refractivity contribution in [3.05, 3.63) is 164 Å². The Morgan fingerprint density at radius 3 is 1.59 bits per heavy atom. The molecular weight excluding hydrogens is 599 g/mol. The third-order valence-electron chi connectivity index (χ3n) is 9.48. The van der Waals surface area contributed by atoms with Crippen molar-refractivity contribution in [1.82, 2.24) is 24.5 Å². The van der Waals surface area contributed by atoms with Gasteiger partial charge in [0.25, 0.3) is 0 Å². The molecular formula is C44H27N5. The molecule has 10 aromatic rings. The number of benzene rings is 7. The van der Waals surface area contributed by atoms with Gasteiger partial charge in [0.15, 0.2) is 11.6 Å². The molecule has 0 atom stereocenters. The van der Waals surface area contributed by atoms with Crippen molar-refractivity contribution >= 4 is 54.1 Å². The molecule has 0 saturated carbocycles. The maximum atomic E-state index is 5.14. The van der Waals surface area contributed by atoms with Crippen LogP contribution in [0.4, 0.5) is 0 Å². The van der Waals surface area contributed by atoms with Gasteiger partial charge in [-0.15, -0.1) is 0 Å². The first-order chi connectivity index (χ1) is 24.3. The first-order valence-corrected chi connectivity index (χ1v) is 16.4. The number of fused-ring (bicyclic) bond motifs is 9. The molecule has 5 nitrogen and oxygen atoms in total. The Morgan fingerprint density at radius 2 is 0.918 bits per heavy atom. The molecule has 0 spiro atoms. The van der Waals surface area contributed by atoms with Crippen molar-refractivity contribution in [3.8, 4) is 40.0 Å². The van der Waals surface area contributed by atoms with E-state index in [0.717, 1.165) is 44.2 Å². The molecule has 0 aliphatic carbocycles. The van der Waals surface area contributed by atoms with Crippen molar-refractivity contribution in [2.45, 2.75) is 0 Å². The van der Waals surface area contributed by atoms with Crippen LogP contribution in [0.2, 0.25) is 0 Å². The van der Waals surface area contributed by atoms with E-state index in [0.29, 0.717) is 17.6 Å². The Hall–Kier alpha value is -6.72. The first kappa shape index (κ1) is 27.4. The molecule has 3 heterocycles. The van der Waals surface area contributed by atoms with E-state index in [2.05, 4.69) is 94.5 Å². The molecule has 7 aromatic carbocycles. The third kappa shape index (κ3) is 4.40. The highest BCUT2D eigenvalue weighted by Crippen LogP contribution is 2.41. The van der Waals surface area contributed by atoms with Crippen molar-refractivity contribution in [2.24, 2.45) is 0 Å². The Balaban J connectivity index is 1.32. The van der Waals surface area contributed by atoms with Crippen LogP contribution in [-0.2, 0) is 0 Å². The van der Waals surface area contributed by atoms with Gasteiger partial charge in [-0.05, 0) is 68.7 Å². The molecule has 0 unspecified atom stereocenters. The van der Waals surface area contributed by atoms with Crippen molar-refractivity contribution in [3.63, 3.8) is 0 Å². The minimum Gasteiger partial charge on any atom is -0.278 e. The highest BCUT2D eigenvalue weighted by Gasteiger charge is 2.20. The van der Waals surface area contributed by atoms with Crippen LogP contribution in [0, 0.1) is 0 Å². The molecule has 0 aliphatic heterocycles. The summed E-state index contributed by atoms with van der Waals surface area (Å²) in [5.74, 6) is 1.85. The fourth-order valence-electron chi connectivity index (χ4n) is 7.22. The fourth-order valence-corrected chi connectivity index (χ4v) is 7.22. The van der Waals surface area contributed by atoms with Gasteiger partial charge in [0.05, 0.1) is 16.7 Å². The summed E-state index contributed by atoms with van der Waals surface area (Å²) >= 11 is 0. The van der Waals surface area contributed by atoms with Crippen LogP contribution in [-0.4, -0.2) is 24.5 Å². The maximum absolute atomic E-state index is 5.14. The van der Waals surface area contributed by atoms with E-state index in [-0.39, 0.29) is 0 Å². The average molecular weight is 626 g/mol. The van der Waals surface area contributed by atoms with Gasteiger partial charge >= 0.3 is 0 Å². The predicted octanol–water partition coefficient (Wildman–Crippen LogP) is 10.8. The highest BCUT2D eigenvalue weighted by molar-refractivity contribution is 6.29. The zero-order chi connectivity index (χ0) is 32.3. The molecule has 10 rings (SSSR count). The van der Waals surface area contributed by atoms with E-state index in [1.807, 2.05) is 79.0 Å². The molecule has 5 heteroatoms. The van der Waals surface area contributed by atoms with Gasteiger partial charge in [-0.2, -0.15) is 9.97 Å². The maximum Gasteiger partial charge on any atom is 0.238 e. The summed E-state index contributed by atoms with van der Waals surface area (Å²) in [6.07, 6.45) is 1.85. The Morgan fingerprint density at radius 1 is 0.347 bits per heavy atom. The normalized spacial score (nSPS) is 11.7. The first-order valence-electron chi connectivity index (χ1n) is 16.4. The molecule has 0 bridgehead atoms. The Bertz CT molecular complexity index is 2800. The quantitative estimate of drug-likeness (QED) is 0.183. The lowest BCUT2D eigenvalue weighted by molar-refractivity contribution is 0.954. The minimum atomic E-state index is 0.584. The summed E-state index contributed by atoms with van der Waals surface area (Å²) in [6.45, 7) is 0. The number of hydrogen-bond donors (Lipinski definition) is 0. The van der Waals surface area contributed by atoms with Crippen molar-refractivity contribution in [1.29, 1.82) is 0 Å². The lowest BCUT2D eigenvalue weighted by atomic mass is 9.92. The van der Waals surface area contributed by atoms with E-state index in [4.69, 9.17) is 15.0 Å². The van der Waals surface area contributed by atoms with Gasteiger partial charge in [0.1, 0.15) is 0 Å². The second-order valence-corrected chi connectivity index (χ2v) is 12.3. The second kappa shape index (κ2) is 10.9. The molecule has 0 saturated heterocycles. The summed E-state index contributed by atoms with van der Waals surface area (Å²) in [5, 5.41) is 9.54. The molecule has 49 heavy (non-hydrogen) atoms. The number of rotatable bonds is 4. The lowest BCUT2D eigenvalue weighted by Crippen LogP contribution is -2.06. The zero-order valence-corrected chi connectivity index (χ0v) is 26.3. The molecule has 0 radical (unpaired) electrons. The van der Waals surface area contributed by atoms with Crippen LogP contribution >= 0.6 is 0 Å². The number of aromatic nitrogens is 5. The van der Waals surface area contributed by atoms with Gasteiger partial charge in [-0.3, -0.25) is 9.55 Å². The van der Waals surface area contributed by atoms with Crippen LogP contribution in [0.25, 0.3) is 94.1 Å². The summed E-state index contributed by atoms with van der Waals surface area (Å²) in [7, 11) is 0. The van der Waals surface area contributed by atoms with E-state index >= 15 is 0 Å². The van der Waals surface area contributed by atoms with Crippen LogP contribution < -0.4 is 0 Å². The topological polar surface area (TPSA) is 56.5 Å². The molecule has 0 aliphatic rings. The third-order valence-corrected chi connectivity index (χ3v) is 9.48. The van der Waals surface area contributed by atoms with Gasteiger partial charge in [-0.25, -0.2) is 4.98 Å². The monoisotopic (exact) mass is 625 g/mol. The molecule has 228 valence electrons. The van der Waals surface area contributed by atoms with Crippen LogP contribution in [0.3, 0.4) is 0 Å². The largest absolute Gasteiger partial charge is 0.278 e. The summed E-state index contributed by atoms with van der Waals surface area (Å²) in [6, 6.07) is 55.0. The van der Waals surface area contributed by atoms with E-state index in [1.165, 1.54) is 32.3 Å². The molecule has 0 N–H and O–H groups in total. The van der Waals surface area contributed by atoms with E-state index < -0.39 is 0 Å². The van der Waals surface area contributed by atoms with E-state index in [1.54, 1.807) is 0 Å². The van der Waals surface area contributed by atoms with Gasteiger partial charge < -0.3 is 0 Å². The van der Waals surface area contributed by atoms with Crippen LogP contribution in [0.15, 0.2) is 164 Å². The van der Waals surface area contributed by atoms with Crippen molar-refractivity contribution in [2.75, 3.05) is 0 Å². The minimum absolute atomic E-state index is 0.584. The standard InChI is InChI=1S/C44H27N5/c1-3-13-28(14-4-1)42-46-43(29-15-5-2-6-16-29)48-44(47-42)49-40-21-10-9-19-34(40)38-26-36-32-18-8-7-17-31(32)35-25-30(39-20-11-12-24-45-39)22-23-33(35)37(36)27-41(38)49/h1-27H.